The highest BCUT2D eigenvalue weighted by Gasteiger charge is 2.54. The molecule has 0 saturated heterocycles. The van der Waals surface area contributed by atoms with Crippen LogP contribution in [0.25, 0.3) is 0 Å². The summed E-state index contributed by atoms with van der Waals surface area (Å²) in [5.41, 5.74) is 0. The zero-order chi connectivity index (χ0) is 50.5. The van der Waals surface area contributed by atoms with Crippen molar-refractivity contribution in [3.8, 4) is 0 Å². The summed E-state index contributed by atoms with van der Waals surface area (Å²) in [6.07, 6.45) is 30.0. The SMILES string of the molecule is CCCCC/C=C\C/C=C\CC(O)/C=C\C=C\CCCC(=O)OC[C@H](COP(=O)(O)O[C@H]1C(O)C(O)C(O)[C@@H](OP(=O)(O)O)C1O)OC(=O)CCC/C=C\C/C=C\C/C=C\CCCCCCCC. The first-order valence-electron chi connectivity index (χ1n) is 24.2. The third-order valence-corrected chi connectivity index (χ3v) is 12.0. The summed E-state index contributed by atoms with van der Waals surface area (Å²) < 4.78 is 49.2. The van der Waals surface area contributed by atoms with E-state index in [4.69, 9.17) is 18.5 Å². The van der Waals surface area contributed by atoms with E-state index in [1.54, 1.807) is 18.2 Å². The maximum absolute atomic E-state index is 13.0. The summed E-state index contributed by atoms with van der Waals surface area (Å²) in [5.74, 6) is -1.40. The Morgan fingerprint density at radius 3 is 1.63 bits per heavy atom. The molecule has 1 saturated carbocycles. The topological polar surface area (TPSA) is 276 Å². The van der Waals surface area contributed by atoms with E-state index >= 15 is 0 Å². The third-order valence-electron chi connectivity index (χ3n) is 10.5. The second-order valence-electron chi connectivity index (χ2n) is 16.7. The average Bonchev–Trinajstić information content (AvgIpc) is 3.29. The van der Waals surface area contributed by atoms with Crippen LogP contribution in [0, 0.1) is 0 Å². The smallest absolute Gasteiger partial charge is 0.462 e. The molecule has 19 heteroatoms. The molecule has 390 valence electrons. The molecule has 0 aromatic carbocycles. The summed E-state index contributed by atoms with van der Waals surface area (Å²) in [6.45, 7) is 2.90. The minimum atomic E-state index is -5.39. The van der Waals surface area contributed by atoms with E-state index in [9.17, 15) is 58.9 Å². The van der Waals surface area contributed by atoms with Crippen LogP contribution in [0.15, 0.2) is 85.1 Å². The van der Waals surface area contributed by atoms with Crippen LogP contribution in [0.4, 0.5) is 0 Å². The number of hydrogen-bond donors (Lipinski definition) is 8. The average molecular weight is 1010 g/mol. The number of carbonyl (C=O) groups is 2. The lowest BCUT2D eigenvalue weighted by molar-refractivity contribution is -0.216. The number of hydrogen-bond acceptors (Lipinski definition) is 14. The molecule has 0 spiro atoms. The van der Waals surface area contributed by atoms with Gasteiger partial charge in [0.05, 0.1) is 12.7 Å². The van der Waals surface area contributed by atoms with Gasteiger partial charge in [0, 0.05) is 12.8 Å². The third kappa shape index (κ3) is 32.9. The normalized spacial score (nSPS) is 22.4. The molecule has 0 aromatic heterocycles. The molecule has 0 radical (unpaired) electrons. The Bertz CT molecular complexity index is 1650. The van der Waals surface area contributed by atoms with Gasteiger partial charge in [-0.1, -0.05) is 144 Å². The van der Waals surface area contributed by atoms with E-state index < -0.39 is 89.6 Å². The van der Waals surface area contributed by atoms with Gasteiger partial charge >= 0.3 is 27.6 Å². The molecule has 1 rings (SSSR count). The number of allylic oxidation sites excluding steroid dienone is 12. The molecule has 8 N–H and O–H groups in total. The molecule has 0 aliphatic heterocycles. The van der Waals surface area contributed by atoms with Gasteiger partial charge in [-0.25, -0.2) is 9.13 Å². The van der Waals surface area contributed by atoms with Gasteiger partial charge in [0.1, 0.15) is 43.2 Å². The van der Waals surface area contributed by atoms with E-state index in [0.717, 1.165) is 32.1 Å². The van der Waals surface area contributed by atoms with E-state index in [-0.39, 0.29) is 12.8 Å². The van der Waals surface area contributed by atoms with E-state index in [0.29, 0.717) is 32.1 Å². The van der Waals surface area contributed by atoms with Crippen LogP contribution in [0.5, 0.6) is 0 Å². The maximum Gasteiger partial charge on any atom is 0.472 e. The quantitative estimate of drug-likeness (QED) is 0.00944. The van der Waals surface area contributed by atoms with Crippen molar-refractivity contribution in [3.05, 3.63) is 85.1 Å². The number of aliphatic hydroxyl groups excluding tert-OH is 5. The molecule has 1 aliphatic carbocycles. The fourth-order valence-corrected chi connectivity index (χ4v) is 8.24. The molecule has 9 atom stereocenters. The largest absolute Gasteiger partial charge is 0.472 e. The van der Waals surface area contributed by atoms with Crippen molar-refractivity contribution in [1.29, 1.82) is 0 Å². The number of phosphoric acid groups is 2. The van der Waals surface area contributed by atoms with Crippen molar-refractivity contribution < 1.29 is 82.0 Å². The van der Waals surface area contributed by atoms with Crippen LogP contribution in [0.2, 0.25) is 0 Å². The van der Waals surface area contributed by atoms with Crippen LogP contribution >= 0.6 is 15.6 Å². The first-order valence-corrected chi connectivity index (χ1v) is 27.3. The maximum atomic E-state index is 13.0. The van der Waals surface area contributed by atoms with E-state index in [2.05, 4.69) is 54.8 Å². The Balaban J connectivity index is 2.71. The standard InChI is InChI=1S/C49H82O17P2/c1-3-5-7-9-11-13-14-15-16-17-18-19-20-22-24-28-33-37-43(52)64-41(39-63-68(60,61)66-49-46(55)44(53)45(54)48(47(49)56)65-67(57,58)59)38-62-42(51)36-32-29-25-27-31-35-40(50)34-30-26-23-21-12-10-8-6-4-2/h12,15-16,18-19,21-22,24-27,30-31,35,40-41,44-50,53-56H,3-11,13-14,17,20,23,28-29,32-34,36-39H2,1-2H3,(H,60,61)(H2,57,58,59)/b16-15-,19-18-,21-12-,24-22-,27-25+,30-26-,35-31-/t40?,41-,44?,45?,46?,47?,48-,49+/m1/s1. The zero-order valence-electron chi connectivity index (χ0n) is 40.1. The molecule has 0 heterocycles. The predicted octanol–water partition coefficient (Wildman–Crippen LogP) is 8.36. The van der Waals surface area contributed by atoms with Gasteiger partial charge in [-0.05, 0) is 77.0 Å². The van der Waals surface area contributed by atoms with Gasteiger partial charge in [0.15, 0.2) is 6.10 Å². The van der Waals surface area contributed by atoms with Gasteiger partial charge in [0.25, 0.3) is 0 Å². The monoisotopic (exact) mass is 1000 g/mol. The molecular formula is C49H82O17P2. The lowest BCUT2D eigenvalue weighted by atomic mass is 9.85. The second-order valence-corrected chi connectivity index (χ2v) is 19.3. The minimum absolute atomic E-state index is 0.0292. The molecule has 1 aliphatic rings. The summed E-state index contributed by atoms with van der Waals surface area (Å²) in [4.78, 5) is 54.3. The van der Waals surface area contributed by atoms with Crippen LogP contribution < -0.4 is 0 Å². The first kappa shape index (κ1) is 63.2. The summed E-state index contributed by atoms with van der Waals surface area (Å²) in [7, 11) is -10.7. The van der Waals surface area contributed by atoms with Crippen LogP contribution in [-0.4, -0.2) is 114 Å². The lowest BCUT2D eigenvalue weighted by Gasteiger charge is -2.43. The Hall–Kier alpha value is -2.86. The molecule has 68 heavy (non-hydrogen) atoms. The molecule has 0 bridgehead atoms. The van der Waals surface area contributed by atoms with Crippen molar-refractivity contribution in [2.75, 3.05) is 13.2 Å². The Morgan fingerprint density at radius 2 is 1.03 bits per heavy atom. The number of ether oxygens (including phenoxy) is 2. The predicted molar refractivity (Wildman–Crippen MR) is 261 cm³/mol. The Morgan fingerprint density at radius 1 is 0.544 bits per heavy atom. The molecular weight excluding hydrogens is 922 g/mol. The highest BCUT2D eigenvalue weighted by molar-refractivity contribution is 7.47. The number of unbranched alkanes of at least 4 members (excludes halogenated alkanes) is 11. The van der Waals surface area contributed by atoms with Crippen LogP contribution in [0.1, 0.15) is 149 Å². The number of esters is 2. The van der Waals surface area contributed by atoms with E-state index in [1.807, 2.05) is 30.4 Å². The van der Waals surface area contributed by atoms with Gasteiger partial charge in [-0.3, -0.25) is 23.2 Å². The van der Waals surface area contributed by atoms with Crippen molar-refractivity contribution in [2.45, 2.75) is 198 Å². The summed E-state index contributed by atoms with van der Waals surface area (Å²) in [6, 6.07) is 0. The summed E-state index contributed by atoms with van der Waals surface area (Å²) in [5, 5.41) is 51.4. The first-order chi connectivity index (χ1) is 32.5. The minimum Gasteiger partial charge on any atom is -0.462 e. The van der Waals surface area contributed by atoms with Gasteiger partial charge in [-0.2, -0.15) is 0 Å². The number of phosphoric ester groups is 2. The molecule has 6 unspecified atom stereocenters. The van der Waals surface area contributed by atoms with Gasteiger partial charge in [0.2, 0.25) is 0 Å². The second kappa shape index (κ2) is 38.8. The van der Waals surface area contributed by atoms with E-state index in [1.165, 1.54) is 57.8 Å². The fourth-order valence-electron chi connectivity index (χ4n) is 6.70. The van der Waals surface area contributed by atoms with Crippen molar-refractivity contribution in [3.63, 3.8) is 0 Å². The highest BCUT2D eigenvalue weighted by atomic mass is 31.2. The van der Waals surface area contributed by atoms with Crippen molar-refractivity contribution in [2.24, 2.45) is 0 Å². The van der Waals surface area contributed by atoms with Crippen molar-refractivity contribution >= 4 is 27.6 Å². The lowest BCUT2D eigenvalue weighted by Crippen LogP contribution is -2.64. The molecule has 0 aromatic rings. The fraction of sp³-hybridized carbons (Fsp3) is 0.673. The van der Waals surface area contributed by atoms with Crippen LogP contribution in [-0.2, 0) is 41.8 Å². The number of aliphatic hydroxyl groups is 5. The Kier molecular flexibility index (Phi) is 36.1. The van der Waals surface area contributed by atoms with Gasteiger partial charge < -0.3 is 49.7 Å². The molecule has 0 amide bonds. The highest BCUT2D eigenvalue weighted by Crippen LogP contribution is 2.49. The van der Waals surface area contributed by atoms with Crippen LogP contribution in [0.3, 0.4) is 0 Å². The number of rotatable bonds is 39. The van der Waals surface area contributed by atoms with Gasteiger partial charge in [-0.15, -0.1) is 0 Å². The molecule has 17 nitrogen and oxygen atoms in total. The zero-order valence-corrected chi connectivity index (χ0v) is 41.9. The molecule has 1 fully saturated rings. The van der Waals surface area contributed by atoms with Crippen molar-refractivity contribution in [1.82, 2.24) is 0 Å². The Labute approximate surface area is 404 Å². The number of carbonyl (C=O) groups excluding carboxylic acids is 2. The summed E-state index contributed by atoms with van der Waals surface area (Å²) >= 11 is 0.